The topological polar surface area (TPSA) is 46.3 Å². The summed E-state index contributed by atoms with van der Waals surface area (Å²) in [6.45, 7) is 1.93. The average molecular weight is 238 g/mol. The summed E-state index contributed by atoms with van der Waals surface area (Å²) in [5.74, 6) is 1.20. The standard InChI is InChI=1S/C12H12ClNO2/c1-8(7-15)11-6-14-12(16-11)9-2-4-10(13)5-3-9/h2-6,8,15H,7H2,1H3. The van der Waals surface area contributed by atoms with Crippen LogP contribution in [0.3, 0.4) is 0 Å². The van der Waals surface area contributed by atoms with Gasteiger partial charge in [-0.25, -0.2) is 4.98 Å². The number of hydrogen-bond acceptors (Lipinski definition) is 3. The van der Waals surface area contributed by atoms with E-state index < -0.39 is 0 Å². The van der Waals surface area contributed by atoms with Gasteiger partial charge in [-0.15, -0.1) is 0 Å². The second-order valence-electron chi connectivity index (χ2n) is 3.66. The summed E-state index contributed by atoms with van der Waals surface area (Å²) >= 11 is 5.79. The predicted molar refractivity (Wildman–Crippen MR) is 62.4 cm³/mol. The molecule has 2 rings (SSSR count). The molecule has 0 saturated carbocycles. The summed E-state index contributed by atoms with van der Waals surface area (Å²) in [5, 5.41) is 9.68. The van der Waals surface area contributed by atoms with Gasteiger partial charge in [-0.2, -0.15) is 0 Å². The molecule has 0 aliphatic carbocycles. The molecular formula is C12H12ClNO2. The third-order valence-electron chi connectivity index (χ3n) is 2.37. The lowest BCUT2D eigenvalue weighted by Gasteiger charge is -2.01. The zero-order valence-corrected chi connectivity index (χ0v) is 9.61. The van der Waals surface area contributed by atoms with Crippen molar-refractivity contribution in [3.63, 3.8) is 0 Å². The molecule has 16 heavy (non-hydrogen) atoms. The number of hydrogen-bond donors (Lipinski definition) is 1. The van der Waals surface area contributed by atoms with Gasteiger partial charge in [-0.1, -0.05) is 18.5 Å². The maximum Gasteiger partial charge on any atom is 0.226 e. The summed E-state index contributed by atoms with van der Waals surface area (Å²) in [6.07, 6.45) is 1.64. The number of oxazole rings is 1. The average Bonchev–Trinajstić information content (AvgIpc) is 2.78. The Hall–Kier alpha value is -1.32. The van der Waals surface area contributed by atoms with Gasteiger partial charge in [0.05, 0.1) is 12.8 Å². The normalized spacial score (nSPS) is 12.7. The third kappa shape index (κ3) is 2.26. The lowest BCUT2D eigenvalue weighted by molar-refractivity contribution is 0.258. The van der Waals surface area contributed by atoms with E-state index in [0.717, 1.165) is 5.56 Å². The molecule has 0 saturated heterocycles. The molecule has 0 radical (unpaired) electrons. The summed E-state index contributed by atoms with van der Waals surface area (Å²) in [4.78, 5) is 4.16. The zero-order valence-electron chi connectivity index (χ0n) is 8.85. The quantitative estimate of drug-likeness (QED) is 0.892. The molecule has 1 N–H and O–H groups in total. The van der Waals surface area contributed by atoms with Crippen LogP contribution in [0.5, 0.6) is 0 Å². The fourth-order valence-electron chi connectivity index (χ4n) is 1.33. The zero-order chi connectivity index (χ0) is 11.5. The molecule has 1 aromatic heterocycles. The van der Waals surface area contributed by atoms with Gasteiger partial charge in [0.2, 0.25) is 5.89 Å². The van der Waals surface area contributed by atoms with Crippen LogP contribution in [-0.4, -0.2) is 16.7 Å². The number of aromatic nitrogens is 1. The Balaban J connectivity index is 2.28. The van der Waals surface area contributed by atoms with Crippen molar-refractivity contribution < 1.29 is 9.52 Å². The fraction of sp³-hybridized carbons (Fsp3) is 0.250. The van der Waals surface area contributed by atoms with E-state index in [0.29, 0.717) is 16.7 Å². The number of benzene rings is 1. The summed E-state index contributed by atoms with van der Waals surface area (Å²) < 4.78 is 5.55. The van der Waals surface area contributed by atoms with Crippen molar-refractivity contribution in [1.29, 1.82) is 0 Å². The van der Waals surface area contributed by atoms with Crippen LogP contribution in [-0.2, 0) is 0 Å². The lowest BCUT2D eigenvalue weighted by atomic mass is 10.1. The van der Waals surface area contributed by atoms with Gasteiger partial charge in [0.25, 0.3) is 0 Å². The molecule has 1 atom stereocenters. The lowest BCUT2D eigenvalue weighted by Crippen LogP contribution is -1.96. The number of rotatable bonds is 3. The molecule has 1 heterocycles. The summed E-state index contributed by atoms with van der Waals surface area (Å²) in [5.41, 5.74) is 0.876. The highest BCUT2D eigenvalue weighted by atomic mass is 35.5. The SMILES string of the molecule is CC(CO)c1cnc(-c2ccc(Cl)cc2)o1. The Labute approximate surface area is 98.7 Å². The number of nitrogens with zero attached hydrogens (tertiary/aromatic N) is 1. The molecule has 1 unspecified atom stereocenters. The minimum atomic E-state index is -0.0337. The van der Waals surface area contributed by atoms with Gasteiger partial charge in [0.15, 0.2) is 0 Å². The van der Waals surface area contributed by atoms with Gasteiger partial charge < -0.3 is 9.52 Å². The first-order valence-corrected chi connectivity index (χ1v) is 5.41. The van der Waals surface area contributed by atoms with Crippen LogP contribution >= 0.6 is 11.6 Å². The summed E-state index contributed by atoms with van der Waals surface area (Å²) in [6, 6.07) is 7.27. The largest absolute Gasteiger partial charge is 0.441 e. The second-order valence-corrected chi connectivity index (χ2v) is 4.09. The first-order chi connectivity index (χ1) is 7.70. The Morgan fingerprint density at radius 3 is 2.69 bits per heavy atom. The molecule has 84 valence electrons. The van der Waals surface area contributed by atoms with Crippen molar-refractivity contribution in [2.75, 3.05) is 6.61 Å². The van der Waals surface area contributed by atoms with Gasteiger partial charge in [0, 0.05) is 16.5 Å². The van der Waals surface area contributed by atoms with Crippen LogP contribution < -0.4 is 0 Å². The van der Waals surface area contributed by atoms with E-state index in [1.165, 1.54) is 0 Å². The van der Waals surface area contributed by atoms with Gasteiger partial charge >= 0.3 is 0 Å². The Morgan fingerprint density at radius 2 is 2.06 bits per heavy atom. The first kappa shape index (κ1) is 11.2. The summed E-state index contributed by atoms with van der Waals surface area (Å²) in [7, 11) is 0. The highest BCUT2D eigenvalue weighted by Gasteiger charge is 2.11. The third-order valence-corrected chi connectivity index (χ3v) is 2.63. The maximum atomic E-state index is 9.00. The van der Waals surface area contributed by atoms with E-state index in [-0.39, 0.29) is 12.5 Å². The molecule has 2 aromatic rings. The smallest absolute Gasteiger partial charge is 0.226 e. The fourth-order valence-corrected chi connectivity index (χ4v) is 1.46. The van der Waals surface area contributed by atoms with Crippen molar-refractivity contribution in [3.05, 3.63) is 41.2 Å². The maximum absolute atomic E-state index is 9.00. The van der Waals surface area contributed by atoms with Gasteiger partial charge in [-0.3, -0.25) is 0 Å². The van der Waals surface area contributed by atoms with Crippen LogP contribution in [0.15, 0.2) is 34.9 Å². The molecule has 0 amide bonds. The minimum absolute atomic E-state index is 0.0337. The number of halogens is 1. The van der Waals surface area contributed by atoms with Crippen molar-refractivity contribution >= 4 is 11.6 Å². The molecule has 0 aliphatic rings. The van der Waals surface area contributed by atoms with Crippen LogP contribution in [0.2, 0.25) is 5.02 Å². The molecule has 3 nitrogen and oxygen atoms in total. The predicted octanol–water partition coefficient (Wildman–Crippen LogP) is 3.09. The van der Waals surface area contributed by atoms with Crippen LogP contribution in [0.4, 0.5) is 0 Å². The number of aliphatic hydroxyl groups is 1. The molecular weight excluding hydrogens is 226 g/mol. The van der Waals surface area contributed by atoms with Gasteiger partial charge in [-0.05, 0) is 24.3 Å². The Bertz CT molecular complexity index is 464. The van der Waals surface area contributed by atoms with Crippen LogP contribution in [0.1, 0.15) is 18.6 Å². The van der Waals surface area contributed by atoms with E-state index >= 15 is 0 Å². The van der Waals surface area contributed by atoms with Gasteiger partial charge in [0.1, 0.15) is 5.76 Å². The van der Waals surface area contributed by atoms with Crippen molar-refractivity contribution in [1.82, 2.24) is 4.98 Å². The van der Waals surface area contributed by atoms with E-state index in [2.05, 4.69) is 4.98 Å². The Morgan fingerprint density at radius 1 is 1.38 bits per heavy atom. The van der Waals surface area contributed by atoms with Crippen molar-refractivity contribution in [2.45, 2.75) is 12.8 Å². The second kappa shape index (κ2) is 4.68. The Kier molecular flexibility index (Phi) is 3.27. The molecule has 0 aliphatic heterocycles. The highest BCUT2D eigenvalue weighted by Crippen LogP contribution is 2.24. The molecule has 0 spiro atoms. The van der Waals surface area contributed by atoms with E-state index in [9.17, 15) is 0 Å². The van der Waals surface area contributed by atoms with Crippen LogP contribution in [0, 0.1) is 0 Å². The van der Waals surface area contributed by atoms with E-state index in [1.807, 2.05) is 19.1 Å². The molecule has 0 bridgehead atoms. The van der Waals surface area contributed by atoms with Crippen molar-refractivity contribution in [2.24, 2.45) is 0 Å². The molecule has 4 heteroatoms. The minimum Gasteiger partial charge on any atom is -0.441 e. The molecule has 0 fully saturated rings. The van der Waals surface area contributed by atoms with Crippen molar-refractivity contribution in [3.8, 4) is 11.5 Å². The van der Waals surface area contributed by atoms with E-state index in [4.69, 9.17) is 21.1 Å². The molecule has 1 aromatic carbocycles. The highest BCUT2D eigenvalue weighted by molar-refractivity contribution is 6.30. The first-order valence-electron chi connectivity index (χ1n) is 5.03. The van der Waals surface area contributed by atoms with E-state index in [1.54, 1.807) is 18.3 Å². The van der Waals surface area contributed by atoms with Crippen LogP contribution in [0.25, 0.3) is 11.5 Å². The monoisotopic (exact) mass is 237 g/mol. The number of aliphatic hydroxyl groups excluding tert-OH is 1.